The second-order valence-electron chi connectivity index (χ2n) is 7.79. The van der Waals surface area contributed by atoms with Crippen LogP contribution in [0, 0.1) is 0 Å². The van der Waals surface area contributed by atoms with Gasteiger partial charge in [0.1, 0.15) is 12.4 Å². The van der Waals surface area contributed by atoms with Gasteiger partial charge in [-0.25, -0.2) is 0 Å². The summed E-state index contributed by atoms with van der Waals surface area (Å²) >= 11 is 0. The molecule has 4 nitrogen and oxygen atoms in total. The van der Waals surface area contributed by atoms with Crippen LogP contribution in [0.4, 0.5) is 0 Å². The van der Waals surface area contributed by atoms with Crippen molar-refractivity contribution in [3.63, 3.8) is 0 Å². The summed E-state index contributed by atoms with van der Waals surface area (Å²) < 4.78 is 18.6. The fourth-order valence-electron chi connectivity index (χ4n) is 3.19. The number of aromatic nitrogens is 1. The lowest BCUT2D eigenvalue weighted by atomic mass is 9.79. The van der Waals surface area contributed by atoms with Gasteiger partial charge in [-0.3, -0.25) is 0 Å². The van der Waals surface area contributed by atoms with Gasteiger partial charge >= 0.3 is 7.12 Å². The van der Waals surface area contributed by atoms with E-state index in [9.17, 15) is 0 Å². The zero-order valence-corrected chi connectivity index (χ0v) is 15.7. The Balaban J connectivity index is 1.67. The van der Waals surface area contributed by atoms with Crippen LogP contribution in [0.15, 0.2) is 54.7 Å². The molecule has 1 fully saturated rings. The SMILES string of the molecule is CC1(C)OB(c2c[nH]c3cccc(OCc4ccccc4)c23)OC1(C)C. The minimum Gasteiger partial charge on any atom is -0.488 e. The lowest BCUT2D eigenvalue weighted by molar-refractivity contribution is 0.00578. The first-order chi connectivity index (χ1) is 12.4. The lowest BCUT2D eigenvalue weighted by Gasteiger charge is -2.32. The Labute approximate surface area is 154 Å². The molecule has 1 aromatic heterocycles. The molecule has 0 saturated carbocycles. The molecule has 0 unspecified atom stereocenters. The predicted molar refractivity (Wildman–Crippen MR) is 105 cm³/mol. The Morgan fingerprint density at radius 2 is 1.62 bits per heavy atom. The molecule has 0 spiro atoms. The van der Waals surface area contributed by atoms with Crippen molar-refractivity contribution in [3.8, 4) is 5.75 Å². The van der Waals surface area contributed by atoms with E-state index in [1.165, 1.54) is 0 Å². The van der Waals surface area contributed by atoms with E-state index in [0.29, 0.717) is 6.61 Å². The van der Waals surface area contributed by atoms with E-state index < -0.39 is 7.12 Å². The Morgan fingerprint density at radius 1 is 0.923 bits per heavy atom. The van der Waals surface area contributed by atoms with E-state index >= 15 is 0 Å². The maximum Gasteiger partial charge on any atom is 0.497 e. The van der Waals surface area contributed by atoms with Crippen molar-refractivity contribution in [2.75, 3.05) is 0 Å². The number of hydrogen-bond acceptors (Lipinski definition) is 3. The minimum absolute atomic E-state index is 0.374. The molecule has 3 aromatic rings. The second kappa shape index (κ2) is 6.18. The van der Waals surface area contributed by atoms with E-state index in [4.69, 9.17) is 14.0 Å². The molecule has 0 aliphatic carbocycles. The second-order valence-corrected chi connectivity index (χ2v) is 7.79. The summed E-state index contributed by atoms with van der Waals surface area (Å²) in [6.07, 6.45) is 1.96. The number of fused-ring (bicyclic) bond motifs is 1. The molecule has 0 bridgehead atoms. The van der Waals surface area contributed by atoms with Gasteiger partial charge in [-0.15, -0.1) is 0 Å². The van der Waals surface area contributed by atoms with E-state index in [1.54, 1.807) is 0 Å². The molecule has 0 amide bonds. The maximum atomic E-state index is 6.24. The maximum absolute atomic E-state index is 6.24. The molecule has 2 aromatic carbocycles. The van der Waals surface area contributed by atoms with Crippen LogP contribution >= 0.6 is 0 Å². The molecule has 26 heavy (non-hydrogen) atoms. The van der Waals surface area contributed by atoms with Crippen LogP contribution in [-0.4, -0.2) is 23.3 Å². The third kappa shape index (κ3) is 2.91. The Morgan fingerprint density at radius 3 is 2.31 bits per heavy atom. The normalized spacial score (nSPS) is 18.4. The molecule has 5 heteroatoms. The van der Waals surface area contributed by atoms with Crippen LogP contribution < -0.4 is 10.2 Å². The topological polar surface area (TPSA) is 43.5 Å². The van der Waals surface area contributed by atoms with Gasteiger partial charge < -0.3 is 19.0 Å². The van der Waals surface area contributed by atoms with Crippen LogP contribution in [0.2, 0.25) is 0 Å². The largest absolute Gasteiger partial charge is 0.497 e. The monoisotopic (exact) mass is 349 g/mol. The fourth-order valence-corrected chi connectivity index (χ4v) is 3.19. The molecule has 4 rings (SSSR count). The summed E-state index contributed by atoms with van der Waals surface area (Å²) in [4.78, 5) is 3.32. The van der Waals surface area contributed by atoms with Crippen LogP contribution in [0.3, 0.4) is 0 Å². The molecule has 134 valence electrons. The Kier molecular flexibility index (Phi) is 4.09. The molecule has 2 heterocycles. The van der Waals surface area contributed by atoms with Crippen molar-refractivity contribution < 1.29 is 14.0 Å². The van der Waals surface area contributed by atoms with Crippen molar-refractivity contribution in [1.82, 2.24) is 4.98 Å². The number of H-pyrrole nitrogens is 1. The highest BCUT2D eigenvalue weighted by molar-refractivity contribution is 6.65. The number of nitrogens with one attached hydrogen (secondary N) is 1. The van der Waals surface area contributed by atoms with Gasteiger partial charge in [0.2, 0.25) is 0 Å². The van der Waals surface area contributed by atoms with E-state index in [0.717, 1.165) is 27.7 Å². The fraction of sp³-hybridized carbons (Fsp3) is 0.333. The number of hydrogen-bond donors (Lipinski definition) is 1. The van der Waals surface area contributed by atoms with Crippen molar-refractivity contribution in [1.29, 1.82) is 0 Å². The lowest BCUT2D eigenvalue weighted by Crippen LogP contribution is -2.41. The first-order valence-electron chi connectivity index (χ1n) is 9.00. The van der Waals surface area contributed by atoms with Gasteiger partial charge in [0.05, 0.1) is 11.2 Å². The zero-order valence-electron chi connectivity index (χ0n) is 15.7. The average molecular weight is 349 g/mol. The smallest absolute Gasteiger partial charge is 0.488 e. The average Bonchev–Trinajstić information content (AvgIpc) is 3.12. The molecule has 0 radical (unpaired) electrons. The molecule has 0 atom stereocenters. The van der Waals surface area contributed by atoms with Gasteiger partial charge in [0, 0.05) is 22.6 Å². The standard InChI is InChI=1S/C21H24BNO3/c1-20(2)21(3,4)26-22(25-20)16-13-23-17-11-8-12-18(19(16)17)24-14-15-9-6-5-7-10-15/h5-13,23H,14H2,1-4H3. The van der Waals surface area contributed by atoms with E-state index in [-0.39, 0.29) is 11.2 Å². The summed E-state index contributed by atoms with van der Waals surface area (Å²) in [7, 11) is -0.421. The highest BCUT2D eigenvalue weighted by atomic mass is 16.7. The van der Waals surface area contributed by atoms with Gasteiger partial charge in [0.25, 0.3) is 0 Å². The third-order valence-corrected chi connectivity index (χ3v) is 5.44. The first-order valence-corrected chi connectivity index (χ1v) is 9.00. The van der Waals surface area contributed by atoms with Crippen molar-refractivity contribution in [2.24, 2.45) is 0 Å². The van der Waals surface area contributed by atoms with Gasteiger partial charge in [0.15, 0.2) is 0 Å². The van der Waals surface area contributed by atoms with Crippen LogP contribution in [0.25, 0.3) is 10.9 Å². The predicted octanol–water partition coefficient (Wildman–Crippen LogP) is 4.05. The summed E-state index contributed by atoms with van der Waals surface area (Å²) in [5, 5.41) is 1.02. The molecular weight excluding hydrogens is 325 g/mol. The van der Waals surface area contributed by atoms with Crippen molar-refractivity contribution >= 4 is 23.5 Å². The van der Waals surface area contributed by atoms with E-state index in [2.05, 4.69) is 44.8 Å². The third-order valence-electron chi connectivity index (χ3n) is 5.44. The summed E-state index contributed by atoms with van der Waals surface area (Å²) in [5.41, 5.74) is 2.38. The molecule has 1 aliphatic heterocycles. The molecule has 1 N–H and O–H groups in total. The Hall–Kier alpha value is -2.24. The minimum atomic E-state index is -0.421. The number of benzene rings is 2. The Bertz CT molecular complexity index is 901. The first kappa shape index (κ1) is 17.2. The summed E-state index contributed by atoms with van der Waals surface area (Å²) in [5.74, 6) is 0.831. The number of ether oxygens (including phenoxy) is 1. The zero-order chi connectivity index (χ0) is 18.4. The van der Waals surface area contributed by atoms with E-state index in [1.807, 2.05) is 42.6 Å². The quantitative estimate of drug-likeness (QED) is 0.723. The molecule has 1 saturated heterocycles. The van der Waals surface area contributed by atoms with Crippen LogP contribution in [0.5, 0.6) is 5.75 Å². The highest BCUT2D eigenvalue weighted by Gasteiger charge is 2.52. The van der Waals surface area contributed by atoms with Crippen LogP contribution in [-0.2, 0) is 15.9 Å². The molecular formula is C21H24BNO3. The van der Waals surface area contributed by atoms with Crippen molar-refractivity contribution in [3.05, 3.63) is 60.3 Å². The van der Waals surface area contributed by atoms with Crippen LogP contribution in [0.1, 0.15) is 33.3 Å². The number of aromatic amines is 1. The van der Waals surface area contributed by atoms with Gasteiger partial charge in [-0.05, 0) is 45.4 Å². The van der Waals surface area contributed by atoms with Gasteiger partial charge in [-0.2, -0.15) is 0 Å². The van der Waals surface area contributed by atoms with Gasteiger partial charge in [-0.1, -0.05) is 36.4 Å². The molecule has 1 aliphatic rings. The number of rotatable bonds is 4. The van der Waals surface area contributed by atoms with Crippen molar-refractivity contribution in [2.45, 2.75) is 45.5 Å². The summed E-state index contributed by atoms with van der Waals surface area (Å²) in [6, 6.07) is 16.2. The highest BCUT2D eigenvalue weighted by Crippen LogP contribution is 2.37. The summed E-state index contributed by atoms with van der Waals surface area (Å²) in [6.45, 7) is 8.78.